The van der Waals surface area contributed by atoms with Crippen LogP contribution in [0.5, 0.6) is 0 Å². The number of H-pyrrole nitrogens is 1. The summed E-state index contributed by atoms with van der Waals surface area (Å²) < 4.78 is 1.69. The summed E-state index contributed by atoms with van der Waals surface area (Å²) in [6.45, 7) is 5.78. The molecular formula is C26H32N8O. The Balaban J connectivity index is 1.16. The van der Waals surface area contributed by atoms with Crippen molar-refractivity contribution in [1.82, 2.24) is 34.9 Å². The zero-order valence-electron chi connectivity index (χ0n) is 20.1. The number of carbonyl (C=O) groups is 1. The van der Waals surface area contributed by atoms with Gasteiger partial charge in [-0.1, -0.05) is 12.1 Å². The zero-order chi connectivity index (χ0) is 24.0. The van der Waals surface area contributed by atoms with Crippen molar-refractivity contribution < 1.29 is 4.79 Å². The largest absolute Gasteiger partial charge is 0.360 e. The number of nitrogens with zero attached hydrogens (tertiary/aromatic N) is 5. The van der Waals surface area contributed by atoms with Gasteiger partial charge < -0.3 is 15.6 Å². The van der Waals surface area contributed by atoms with E-state index in [1.54, 1.807) is 11.0 Å². The molecule has 4 heterocycles. The minimum atomic E-state index is -0.0402. The molecule has 4 aromatic rings. The molecule has 0 aliphatic carbocycles. The highest BCUT2D eigenvalue weighted by molar-refractivity contribution is 5.88. The van der Waals surface area contributed by atoms with Gasteiger partial charge in [0.15, 0.2) is 5.82 Å². The molecule has 0 radical (unpaired) electrons. The number of aromatic nitrogens is 5. The van der Waals surface area contributed by atoms with E-state index < -0.39 is 0 Å². The van der Waals surface area contributed by atoms with Crippen LogP contribution in [0.1, 0.15) is 30.9 Å². The van der Waals surface area contributed by atoms with Gasteiger partial charge in [-0.3, -0.25) is 9.69 Å². The smallest absolute Gasteiger partial charge is 0.221 e. The van der Waals surface area contributed by atoms with Crippen LogP contribution in [0.2, 0.25) is 0 Å². The molecule has 1 aromatic carbocycles. The van der Waals surface area contributed by atoms with Gasteiger partial charge >= 0.3 is 0 Å². The Hall–Kier alpha value is -3.56. The quantitative estimate of drug-likeness (QED) is 0.346. The first-order valence-corrected chi connectivity index (χ1v) is 12.3. The fraction of sp³-hybridized carbons (Fsp3) is 0.385. The van der Waals surface area contributed by atoms with Gasteiger partial charge in [0.05, 0.1) is 11.7 Å². The second-order valence-electron chi connectivity index (χ2n) is 9.16. The van der Waals surface area contributed by atoms with Crippen LogP contribution in [-0.2, 0) is 17.6 Å². The third-order valence-corrected chi connectivity index (χ3v) is 6.69. The molecule has 0 spiro atoms. The highest BCUT2D eigenvalue weighted by atomic mass is 16.1. The molecule has 0 saturated carbocycles. The predicted molar refractivity (Wildman–Crippen MR) is 137 cm³/mol. The summed E-state index contributed by atoms with van der Waals surface area (Å²) in [6.07, 6.45) is 11.4. The lowest BCUT2D eigenvalue weighted by molar-refractivity contribution is -0.114. The van der Waals surface area contributed by atoms with Crippen LogP contribution in [-0.4, -0.2) is 67.8 Å². The van der Waals surface area contributed by atoms with Crippen molar-refractivity contribution in [1.29, 1.82) is 0 Å². The molecule has 3 N–H and O–H groups in total. The lowest BCUT2D eigenvalue weighted by Crippen LogP contribution is -2.51. The summed E-state index contributed by atoms with van der Waals surface area (Å²) in [5, 5.41) is 11.8. The summed E-state index contributed by atoms with van der Waals surface area (Å²) in [4.78, 5) is 25.7. The van der Waals surface area contributed by atoms with Crippen molar-refractivity contribution in [2.75, 3.05) is 31.5 Å². The average Bonchev–Trinajstić information content (AvgIpc) is 3.54. The van der Waals surface area contributed by atoms with Crippen LogP contribution in [0.4, 0.5) is 5.69 Å². The number of anilines is 1. The Morgan fingerprint density at radius 2 is 2.11 bits per heavy atom. The van der Waals surface area contributed by atoms with Crippen LogP contribution in [0.25, 0.3) is 16.7 Å². The number of pyridine rings is 1. The Morgan fingerprint density at radius 3 is 2.91 bits per heavy atom. The Kier molecular flexibility index (Phi) is 7.15. The maximum atomic E-state index is 11.2. The van der Waals surface area contributed by atoms with E-state index in [0.29, 0.717) is 6.04 Å². The normalized spacial score (nSPS) is 16.5. The summed E-state index contributed by atoms with van der Waals surface area (Å²) in [5.41, 5.74) is 4.52. The van der Waals surface area contributed by atoms with Crippen molar-refractivity contribution >= 4 is 22.5 Å². The summed E-state index contributed by atoms with van der Waals surface area (Å²) in [7, 11) is 0. The first-order chi connectivity index (χ1) is 17.2. The van der Waals surface area contributed by atoms with Crippen LogP contribution >= 0.6 is 0 Å². The molecule has 1 aliphatic rings. The fourth-order valence-electron chi connectivity index (χ4n) is 4.87. The van der Waals surface area contributed by atoms with Gasteiger partial charge in [0.1, 0.15) is 12.7 Å². The van der Waals surface area contributed by atoms with E-state index in [0.717, 1.165) is 68.9 Å². The maximum absolute atomic E-state index is 11.2. The molecule has 5 rings (SSSR count). The highest BCUT2D eigenvalue weighted by Gasteiger charge is 2.21. The number of hydrogen-bond donors (Lipinski definition) is 3. The van der Waals surface area contributed by atoms with E-state index in [4.69, 9.17) is 0 Å². The molecule has 9 heteroatoms. The number of aryl methyl sites for hydroxylation is 2. The molecule has 35 heavy (non-hydrogen) atoms. The van der Waals surface area contributed by atoms with Crippen LogP contribution in [0.15, 0.2) is 55.4 Å². The Morgan fingerprint density at radius 1 is 1.23 bits per heavy atom. The van der Waals surface area contributed by atoms with Crippen LogP contribution in [0, 0.1) is 0 Å². The van der Waals surface area contributed by atoms with Crippen molar-refractivity contribution in [3.63, 3.8) is 0 Å². The number of nitrogens with one attached hydrogen (secondary N) is 3. The lowest BCUT2D eigenvalue weighted by Gasteiger charge is -2.36. The molecule has 1 aliphatic heterocycles. The van der Waals surface area contributed by atoms with Gasteiger partial charge in [-0.15, -0.1) is 0 Å². The monoisotopic (exact) mass is 472 g/mol. The molecule has 9 nitrogen and oxygen atoms in total. The number of carbonyl (C=O) groups excluding carboxylic acids is 1. The zero-order valence-corrected chi connectivity index (χ0v) is 20.1. The second-order valence-corrected chi connectivity index (χ2v) is 9.16. The van der Waals surface area contributed by atoms with Gasteiger partial charge in [-0.05, 0) is 61.6 Å². The lowest BCUT2D eigenvalue weighted by atomic mass is 10.0. The summed E-state index contributed by atoms with van der Waals surface area (Å²) in [6, 6.07) is 10.8. The number of amides is 1. The average molecular weight is 473 g/mol. The van der Waals surface area contributed by atoms with E-state index in [1.165, 1.54) is 29.8 Å². The number of benzene rings is 1. The molecule has 182 valence electrons. The number of hydrogen-bond acceptors (Lipinski definition) is 6. The minimum absolute atomic E-state index is 0.0402. The minimum Gasteiger partial charge on any atom is -0.360 e. The van der Waals surface area contributed by atoms with Gasteiger partial charge in [0.2, 0.25) is 5.91 Å². The van der Waals surface area contributed by atoms with E-state index in [1.807, 2.05) is 18.3 Å². The second kappa shape index (κ2) is 10.8. The molecule has 1 atom stereocenters. The molecule has 1 amide bonds. The first-order valence-electron chi connectivity index (χ1n) is 12.3. The van der Waals surface area contributed by atoms with E-state index in [9.17, 15) is 4.79 Å². The Bertz CT molecular complexity index is 1250. The number of fused-ring (bicyclic) bond motifs is 1. The number of aromatic amines is 1. The van der Waals surface area contributed by atoms with Gasteiger partial charge in [-0.25, -0.2) is 14.6 Å². The van der Waals surface area contributed by atoms with Crippen molar-refractivity contribution in [3.8, 4) is 5.82 Å². The van der Waals surface area contributed by atoms with Crippen LogP contribution in [0.3, 0.4) is 0 Å². The van der Waals surface area contributed by atoms with Crippen LogP contribution < -0.4 is 10.6 Å². The third kappa shape index (κ3) is 5.75. The molecular weight excluding hydrogens is 440 g/mol. The number of rotatable bonds is 9. The predicted octanol–water partition coefficient (Wildman–Crippen LogP) is 2.94. The highest BCUT2D eigenvalue weighted by Crippen LogP contribution is 2.22. The van der Waals surface area contributed by atoms with E-state index in [2.05, 4.69) is 60.0 Å². The van der Waals surface area contributed by atoms with E-state index in [-0.39, 0.29) is 5.91 Å². The summed E-state index contributed by atoms with van der Waals surface area (Å²) >= 11 is 0. The van der Waals surface area contributed by atoms with Gasteiger partial charge in [0.25, 0.3) is 0 Å². The molecule has 3 aromatic heterocycles. The van der Waals surface area contributed by atoms with Crippen molar-refractivity contribution in [3.05, 3.63) is 66.5 Å². The van der Waals surface area contributed by atoms with Crippen molar-refractivity contribution in [2.24, 2.45) is 0 Å². The van der Waals surface area contributed by atoms with E-state index >= 15 is 0 Å². The molecule has 1 fully saturated rings. The number of piperazine rings is 1. The summed E-state index contributed by atoms with van der Waals surface area (Å²) in [5.74, 6) is 0.741. The van der Waals surface area contributed by atoms with Gasteiger partial charge in [0, 0.05) is 49.9 Å². The third-order valence-electron chi connectivity index (χ3n) is 6.69. The van der Waals surface area contributed by atoms with Crippen molar-refractivity contribution in [2.45, 2.75) is 38.6 Å². The fourth-order valence-corrected chi connectivity index (χ4v) is 4.87. The van der Waals surface area contributed by atoms with Gasteiger partial charge in [-0.2, -0.15) is 5.10 Å². The Labute approximate surface area is 205 Å². The molecule has 1 unspecified atom stereocenters. The maximum Gasteiger partial charge on any atom is 0.221 e. The standard InChI is InChI=1S/C26H32N8O/c1-19(35)32-22-7-4-20(5-8-22)6-9-23-15-27-10-12-33(23)11-2-3-21-14-29-25-16-30-26(13-24(21)25)34-18-28-17-31-34/h4-5,7-8,13-14,16-18,23,27,29H,2-3,6,9-12,15H2,1H3,(H,32,35). The topological polar surface area (TPSA) is 104 Å². The molecule has 1 saturated heterocycles. The SMILES string of the molecule is CC(=O)Nc1ccc(CCC2CNCCN2CCCc2c[nH]c3cnc(-n4cncn4)cc23)cc1. The molecule has 0 bridgehead atoms. The first kappa shape index (κ1) is 23.2.